The summed E-state index contributed by atoms with van der Waals surface area (Å²) in [5.41, 5.74) is 2.00. The van der Waals surface area contributed by atoms with Crippen LogP contribution in [0.1, 0.15) is 11.8 Å². The Labute approximate surface area is 184 Å². The van der Waals surface area contributed by atoms with Crippen LogP contribution in [0.3, 0.4) is 0 Å². The number of fused-ring (bicyclic) bond motifs is 1. The number of anilines is 1. The second kappa shape index (κ2) is 8.32. The Hall–Kier alpha value is -3.51. The largest absolute Gasteiger partial charge is 0.467 e. The van der Waals surface area contributed by atoms with Crippen LogP contribution in [0.15, 0.2) is 68.8 Å². The highest BCUT2D eigenvalue weighted by Gasteiger charge is 2.37. The second-order valence-electron chi connectivity index (χ2n) is 6.40. The fraction of sp³-hybridized carbons (Fsp3) is 0.158. The molecule has 0 radical (unpaired) electrons. The van der Waals surface area contributed by atoms with Crippen LogP contribution in [-0.2, 0) is 9.53 Å². The summed E-state index contributed by atoms with van der Waals surface area (Å²) in [5.74, 6) is 0.859. The van der Waals surface area contributed by atoms with Crippen LogP contribution in [0.25, 0.3) is 10.6 Å². The molecule has 0 amide bonds. The van der Waals surface area contributed by atoms with E-state index in [1.807, 2.05) is 30.3 Å². The molecule has 156 valence electrons. The molecule has 1 N–H and O–H groups in total. The number of hydrogen-bond acceptors (Lipinski definition) is 11. The fourth-order valence-corrected chi connectivity index (χ4v) is 5.03. The van der Waals surface area contributed by atoms with Crippen LogP contribution < -0.4 is 5.32 Å². The minimum atomic E-state index is -0.640. The molecule has 1 unspecified atom stereocenters. The standard InChI is InChI=1S/C19H15N7O3S2/c1-28-17(27)14-12(10-30-19-23-21-16(31-19)11-6-3-2-4-7-11)20-18-22-24-25-26(18)15(14)13-8-5-9-29-13/h2-9,15H,10H2,1H3,(H,20,22,25). The highest BCUT2D eigenvalue weighted by atomic mass is 32.2. The summed E-state index contributed by atoms with van der Waals surface area (Å²) in [7, 11) is 1.34. The molecule has 4 heterocycles. The lowest BCUT2D eigenvalue weighted by atomic mass is 10.0. The molecular formula is C19H15N7O3S2. The zero-order valence-corrected chi connectivity index (χ0v) is 17.8. The third-order valence-corrected chi connectivity index (χ3v) is 6.72. The van der Waals surface area contributed by atoms with Crippen LogP contribution in [0.5, 0.6) is 0 Å². The van der Waals surface area contributed by atoms with Gasteiger partial charge in [0, 0.05) is 17.0 Å². The van der Waals surface area contributed by atoms with Gasteiger partial charge < -0.3 is 14.5 Å². The van der Waals surface area contributed by atoms with E-state index >= 15 is 0 Å². The van der Waals surface area contributed by atoms with E-state index in [0.29, 0.717) is 28.7 Å². The number of nitrogens with zero attached hydrogens (tertiary/aromatic N) is 6. The average Bonchev–Trinajstić information content (AvgIpc) is 3.58. The van der Waals surface area contributed by atoms with E-state index in [0.717, 1.165) is 14.9 Å². The third kappa shape index (κ3) is 3.70. The number of carbonyl (C=O) groups excluding carboxylic acids is 1. The van der Waals surface area contributed by atoms with E-state index < -0.39 is 12.0 Å². The van der Waals surface area contributed by atoms with Crippen molar-refractivity contribution in [1.29, 1.82) is 0 Å². The molecule has 0 fully saturated rings. The molecule has 0 saturated heterocycles. The van der Waals surface area contributed by atoms with Gasteiger partial charge in [0.05, 0.1) is 18.9 Å². The summed E-state index contributed by atoms with van der Waals surface area (Å²) in [4.78, 5) is 12.7. The molecule has 12 heteroatoms. The van der Waals surface area contributed by atoms with Crippen molar-refractivity contribution in [2.45, 2.75) is 10.4 Å². The Bertz CT molecular complexity index is 1230. The first-order valence-electron chi connectivity index (χ1n) is 9.16. The molecule has 0 bridgehead atoms. The number of carbonyl (C=O) groups is 1. The summed E-state index contributed by atoms with van der Waals surface area (Å²) >= 11 is 2.94. The van der Waals surface area contributed by atoms with E-state index in [1.54, 1.807) is 12.1 Å². The number of furan rings is 1. The lowest BCUT2D eigenvalue weighted by Crippen LogP contribution is -2.30. The molecule has 3 aromatic heterocycles. The zero-order valence-electron chi connectivity index (χ0n) is 16.1. The van der Waals surface area contributed by atoms with E-state index in [-0.39, 0.29) is 0 Å². The van der Waals surface area contributed by atoms with Gasteiger partial charge >= 0.3 is 5.97 Å². The van der Waals surface area contributed by atoms with Crippen molar-refractivity contribution >= 4 is 35.0 Å². The Morgan fingerprint density at radius 3 is 2.87 bits per heavy atom. The minimum absolute atomic E-state index is 0.373. The van der Waals surface area contributed by atoms with Gasteiger partial charge in [-0.2, -0.15) is 4.68 Å². The topological polar surface area (TPSA) is 121 Å². The number of aromatic nitrogens is 6. The van der Waals surface area contributed by atoms with Crippen molar-refractivity contribution < 1.29 is 13.9 Å². The van der Waals surface area contributed by atoms with Crippen molar-refractivity contribution in [3.8, 4) is 10.6 Å². The molecule has 10 nitrogen and oxygen atoms in total. The van der Waals surface area contributed by atoms with Crippen molar-refractivity contribution in [2.75, 3.05) is 18.2 Å². The van der Waals surface area contributed by atoms with Crippen molar-refractivity contribution in [1.82, 2.24) is 30.4 Å². The van der Waals surface area contributed by atoms with E-state index in [1.165, 1.54) is 41.2 Å². The van der Waals surface area contributed by atoms with E-state index in [4.69, 9.17) is 9.15 Å². The zero-order chi connectivity index (χ0) is 21.2. The summed E-state index contributed by atoms with van der Waals surface area (Å²) in [6, 6.07) is 12.7. The molecule has 1 atom stereocenters. The maximum absolute atomic E-state index is 12.7. The molecule has 5 rings (SSSR count). The van der Waals surface area contributed by atoms with Gasteiger partial charge in [-0.25, -0.2) is 4.79 Å². The van der Waals surface area contributed by atoms with Gasteiger partial charge in [-0.1, -0.05) is 58.5 Å². The number of esters is 1. The number of tetrazole rings is 1. The Morgan fingerprint density at radius 1 is 1.23 bits per heavy atom. The fourth-order valence-electron chi connectivity index (χ4n) is 3.21. The number of benzene rings is 1. The third-order valence-electron chi connectivity index (χ3n) is 4.58. The minimum Gasteiger partial charge on any atom is -0.467 e. The predicted octanol–water partition coefficient (Wildman–Crippen LogP) is 3.02. The van der Waals surface area contributed by atoms with Crippen LogP contribution in [0.4, 0.5) is 5.95 Å². The highest BCUT2D eigenvalue weighted by molar-refractivity contribution is 8.01. The van der Waals surface area contributed by atoms with Gasteiger partial charge in [0.1, 0.15) is 16.8 Å². The Morgan fingerprint density at radius 2 is 2.10 bits per heavy atom. The number of nitrogens with one attached hydrogen (secondary N) is 1. The van der Waals surface area contributed by atoms with Crippen molar-refractivity contribution in [3.05, 3.63) is 65.8 Å². The number of thioether (sulfide) groups is 1. The Balaban J connectivity index is 1.46. The normalized spacial score (nSPS) is 15.5. The first-order valence-corrected chi connectivity index (χ1v) is 11.0. The van der Waals surface area contributed by atoms with Gasteiger partial charge in [0.25, 0.3) is 0 Å². The van der Waals surface area contributed by atoms with Gasteiger partial charge in [0.2, 0.25) is 5.95 Å². The number of methoxy groups -OCH3 is 1. The SMILES string of the molecule is COC(=O)C1=C(CSc2nnc(-c3ccccc3)s2)Nc2nnnn2C1c1ccco1. The number of hydrogen-bond donors (Lipinski definition) is 1. The van der Waals surface area contributed by atoms with Gasteiger partial charge in [-0.05, 0) is 22.6 Å². The van der Waals surface area contributed by atoms with Gasteiger partial charge in [-0.15, -0.1) is 10.2 Å². The maximum atomic E-state index is 12.7. The van der Waals surface area contributed by atoms with Crippen LogP contribution in [0, 0.1) is 0 Å². The quantitative estimate of drug-likeness (QED) is 0.344. The molecule has 1 aliphatic heterocycles. The molecule has 0 spiro atoms. The lowest BCUT2D eigenvalue weighted by Gasteiger charge is -2.26. The average molecular weight is 454 g/mol. The molecular weight excluding hydrogens is 438 g/mol. The summed E-state index contributed by atoms with van der Waals surface area (Å²) < 4.78 is 12.9. The van der Waals surface area contributed by atoms with Gasteiger partial charge in [-0.3, -0.25) is 0 Å². The first kappa shape index (κ1) is 19.5. The van der Waals surface area contributed by atoms with E-state index in [2.05, 4.69) is 31.0 Å². The van der Waals surface area contributed by atoms with Crippen LogP contribution >= 0.6 is 23.1 Å². The molecule has 4 aromatic rings. The summed E-state index contributed by atoms with van der Waals surface area (Å²) in [5, 5.41) is 24.3. The van der Waals surface area contributed by atoms with Gasteiger partial charge in [0.15, 0.2) is 4.34 Å². The Kier molecular flexibility index (Phi) is 5.22. The first-order chi connectivity index (χ1) is 15.2. The molecule has 1 aromatic carbocycles. The number of ether oxygens (including phenoxy) is 1. The second-order valence-corrected chi connectivity index (χ2v) is 8.60. The summed E-state index contributed by atoms with van der Waals surface area (Å²) in [6.07, 6.45) is 1.54. The predicted molar refractivity (Wildman–Crippen MR) is 113 cm³/mol. The molecule has 0 aliphatic carbocycles. The maximum Gasteiger partial charge on any atom is 0.338 e. The smallest absolute Gasteiger partial charge is 0.338 e. The summed E-state index contributed by atoms with van der Waals surface area (Å²) in [6.45, 7) is 0. The molecule has 0 saturated carbocycles. The van der Waals surface area contributed by atoms with Crippen LogP contribution in [0.2, 0.25) is 0 Å². The monoisotopic (exact) mass is 453 g/mol. The lowest BCUT2D eigenvalue weighted by molar-refractivity contribution is -0.136. The van der Waals surface area contributed by atoms with Crippen LogP contribution in [-0.4, -0.2) is 49.2 Å². The highest BCUT2D eigenvalue weighted by Crippen LogP contribution is 2.37. The van der Waals surface area contributed by atoms with E-state index in [9.17, 15) is 4.79 Å². The molecule has 31 heavy (non-hydrogen) atoms. The molecule has 1 aliphatic rings. The van der Waals surface area contributed by atoms with Crippen molar-refractivity contribution in [3.63, 3.8) is 0 Å². The van der Waals surface area contributed by atoms with Crippen molar-refractivity contribution in [2.24, 2.45) is 0 Å². The number of rotatable bonds is 6.